The van der Waals surface area contributed by atoms with Gasteiger partial charge in [0.15, 0.2) is 12.6 Å². The molecule has 0 aliphatic carbocycles. The maximum absolute atomic E-state index is 10.5. The van der Waals surface area contributed by atoms with Gasteiger partial charge in [0.25, 0.3) is 0 Å². The van der Waals surface area contributed by atoms with Crippen molar-refractivity contribution >= 4 is 0 Å². The monoisotopic (exact) mass is 336 g/mol. The van der Waals surface area contributed by atoms with Gasteiger partial charge in [0.2, 0.25) is 0 Å². The van der Waals surface area contributed by atoms with Crippen LogP contribution in [0.1, 0.15) is 11.9 Å². The Morgan fingerprint density at radius 2 is 2.12 bits per heavy atom. The van der Waals surface area contributed by atoms with Crippen LogP contribution in [0.5, 0.6) is 0 Å². The van der Waals surface area contributed by atoms with Gasteiger partial charge >= 0.3 is 0 Å². The van der Waals surface area contributed by atoms with Crippen molar-refractivity contribution in [1.29, 1.82) is 0 Å². The molecule has 6 atom stereocenters. The summed E-state index contributed by atoms with van der Waals surface area (Å²) in [7, 11) is 0. The fourth-order valence-corrected chi connectivity index (χ4v) is 2.80. The minimum absolute atomic E-state index is 0.154. The molecule has 0 spiro atoms. The lowest BCUT2D eigenvalue weighted by Crippen LogP contribution is -2.65. The molecular weight excluding hydrogens is 316 g/mol. The Morgan fingerprint density at radius 1 is 1.33 bits per heavy atom. The quantitative estimate of drug-likeness (QED) is 0.354. The lowest BCUT2D eigenvalue weighted by atomic mass is 9.96. The molecule has 130 valence electrons. The molecule has 2 fully saturated rings. The van der Waals surface area contributed by atoms with Crippen molar-refractivity contribution in [1.82, 2.24) is 0 Å². The summed E-state index contributed by atoms with van der Waals surface area (Å²) in [5.41, 5.74) is 15.1. The zero-order chi connectivity index (χ0) is 16.9. The fourth-order valence-electron chi connectivity index (χ4n) is 2.80. The zero-order valence-corrected chi connectivity index (χ0v) is 13.0. The minimum Gasteiger partial charge on any atom is -0.388 e. The Kier molecular flexibility index (Phi) is 5.64. The van der Waals surface area contributed by atoms with Crippen molar-refractivity contribution in [2.75, 3.05) is 19.8 Å². The first-order valence-electron chi connectivity index (χ1n) is 7.74. The lowest BCUT2D eigenvalue weighted by Gasteiger charge is -2.46. The highest BCUT2D eigenvalue weighted by molar-refractivity contribution is 5.16. The molecule has 2 saturated heterocycles. The zero-order valence-electron chi connectivity index (χ0n) is 13.0. The first kappa shape index (κ1) is 17.1. The number of aliphatic hydroxyl groups excluding tert-OH is 1. The summed E-state index contributed by atoms with van der Waals surface area (Å²) in [4.78, 5) is 2.64. The van der Waals surface area contributed by atoms with Crippen LogP contribution in [0.15, 0.2) is 35.4 Å². The molecule has 2 heterocycles. The van der Waals surface area contributed by atoms with Crippen LogP contribution in [0.4, 0.5) is 0 Å². The number of rotatable bonds is 5. The summed E-state index contributed by atoms with van der Waals surface area (Å²) in [6, 6.07) is 8.70. The van der Waals surface area contributed by atoms with E-state index in [2.05, 4.69) is 10.0 Å². The van der Waals surface area contributed by atoms with Crippen LogP contribution in [0.3, 0.4) is 0 Å². The third-order valence-electron chi connectivity index (χ3n) is 4.02. The molecular formula is C15H20N4O5. The van der Waals surface area contributed by atoms with Crippen molar-refractivity contribution in [2.24, 2.45) is 10.8 Å². The molecule has 0 saturated carbocycles. The summed E-state index contributed by atoms with van der Waals surface area (Å²) in [5, 5.41) is 13.8. The molecule has 0 amide bonds. The molecule has 0 radical (unpaired) electrons. The van der Waals surface area contributed by atoms with Gasteiger partial charge in [0, 0.05) is 17.0 Å². The van der Waals surface area contributed by atoms with Crippen molar-refractivity contribution in [3.63, 3.8) is 0 Å². The van der Waals surface area contributed by atoms with Crippen LogP contribution in [-0.2, 0) is 18.9 Å². The Balaban J connectivity index is 1.62. The van der Waals surface area contributed by atoms with Crippen LogP contribution in [0, 0.1) is 0 Å². The molecule has 2 aliphatic heterocycles. The minimum atomic E-state index is -0.955. The van der Waals surface area contributed by atoms with E-state index in [1.54, 1.807) is 0 Å². The third-order valence-corrected chi connectivity index (χ3v) is 4.02. The highest BCUT2D eigenvalue weighted by Crippen LogP contribution is 2.33. The van der Waals surface area contributed by atoms with Gasteiger partial charge in [-0.15, -0.1) is 0 Å². The largest absolute Gasteiger partial charge is 0.388 e. The van der Waals surface area contributed by atoms with Gasteiger partial charge in [-0.1, -0.05) is 35.4 Å². The normalized spacial score (nSPS) is 35.8. The molecule has 9 heteroatoms. The molecule has 24 heavy (non-hydrogen) atoms. The number of ether oxygens (including phenoxy) is 4. The van der Waals surface area contributed by atoms with E-state index >= 15 is 0 Å². The Bertz CT molecular complexity index is 580. The van der Waals surface area contributed by atoms with Gasteiger partial charge < -0.3 is 29.8 Å². The average Bonchev–Trinajstić information content (AvgIpc) is 2.63. The van der Waals surface area contributed by atoms with E-state index < -0.39 is 36.9 Å². The second-order valence-corrected chi connectivity index (χ2v) is 5.61. The van der Waals surface area contributed by atoms with Gasteiger partial charge in [-0.3, -0.25) is 0 Å². The van der Waals surface area contributed by atoms with Gasteiger partial charge in [-0.2, -0.15) is 0 Å². The van der Waals surface area contributed by atoms with Gasteiger partial charge in [0.05, 0.1) is 19.3 Å². The predicted octanol–water partition coefficient (Wildman–Crippen LogP) is 0.841. The van der Waals surface area contributed by atoms with Gasteiger partial charge in [0.1, 0.15) is 18.3 Å². The summed E-state index contributed by atoms with van der Waals surface area (Å²) in [5.74, 6) is 0. The summed E-state index contributed by atoms with van der Waals surface area (Å²) < 4.78 is 22.7. The topological polar surface area (TPSA) is 132 Å². The second-order valence-electron chi connectivity index (χ2n) is 5.61. The number of benzene rings is 1. The Hall–Kier alpha value is -1.71. The van der Waals surface area contributed by atoms with Crippen molar-refractivity contribution < 1.29 is 24.1 Å². The van der Waals surface area contributed by atoms with Crippen molar-refractivity contribution in [3.05, 3.63) is 46.3 Å². The molecule has 0 aromatic heterocycles. The van der Waals surface area contributed by atoms with E-state index in [-0.39, 0.29) is 19.8 Å². The van der Waals surface area contributed by atoms with E-state index in [1.807, 2.05) is 30.3 Å². The first-order chi connectivity index (χ1) is 11.7. The van der Waals surface area contributed by atoms with E-state index in [1.165, 1.54) is 0 Å². The van der Waals surface area contributed by atoms with Crippen LogP contribution < -0.4 is 5.73 Å². The highest BCUT2D eigenvalue weighted by Gasteiger charge is 2.48. The Morgan fingerprint density at radius 3 is 2.88 bits per heavy atom. The molecule has 2 aliphatic rings. The molecule has 1 aromatic rings. The number of azide groups is 1. The predicted molar refractivity (Wildman–Crippen MR) is 82.6 cm³/mol. The van der Waals surface area contributed by atoms with Gasteiger partial charge in [-0.05, 0) is 5.53 Å². The standard InChI is InChI=1S/C15H20N4O5/c16-11-12(20)13-10(23-15(11)21-7-6-18-19-17)8-22-14(24-13)9-4-2-1-3-5-9/h1-5,10-15,20H,6-8,16H2/t10?,11?,12?,13-,14?,15+/m1/s1. The summed E-state index contributed by atoms with van der Waals surface area (Å²) >= 11 is 0. The average molecular weight is 336 g/mol. The van der Waals surface area contributed by atoms with Crippen LogP contribution in [0.25, 0.3) is 10.4 Å². The van der Waals surface area contributed by atoms with E-state index in [9.17, 15) is 5.11 Å². The molecule has 3 N–H and O–H groups in total. The maximum Gasteiger partial charge on any atom is 0.184 e. The van der Waals surface area contributed by atoms with Crippen LogP contribution >= 0.6 is 0 Å². The summed E-state index contributed by atoms with van der Waals surface area (Å²) in [6.45, 7) is 0.571. The van der Waals surface area contributed by atoms with E-state index in [0.29, 0.717) is 0 Å². The molecule has 1 aromatic carbocycles. The number of nitrogens with two attached hydrogens (primary N) is 1. The molecule has 3 rings (SSSR count). The maximum atomic E-state index is 10.5. The summed E-state index contributed by atoms with van der Waals surface area (Å²) in [6.07, 6.45) is -3.42. The first-order valence-corrected chi connectivity index (χ1v) is 7.74. The van der Waals surface area contributed by atoms with Crippen molar-refractivity contribution in [3.8, 4) is 0 Å². The van der Waals surface area contributed by atoms with Gasteiger partial charge in [-0.25, -0.2) is 0 Å². The third kappa shape index (κ3) is 3.68. The van der Waals surface area contributed by atoms with Crippen LogP contribution in [0.2, 0.25) is 0 Å². The second kappa shape index (κ2) is 7.91. The Labute approximate surface area is 138 Å². The molecule has 9 nitrogen and oxygen atoms in total. The smallest absolute Gasteiger partial charge is 0.184 e. The van der Waals surface area contributed by atoms with Crippen LogP contribution in [-0.4, -0.2) is 55.5 Å². The number of nitrogens with zero attached hydrogens (tertiary/aromatic N) is 3. The number of hydrogen-bond acceptors (Lipinski definition) is 7. The van der Waals surface area contributed by atoms with E-state index in [4.69, 9.17) is 30.2 Å². The molecule has 0 bridgehead atoms. The number of aliphatic hydroxyl groups is 1. The number of fused-ring (bicyclic) bond motifs is 1. The molecule has 4 unspecified atom stereocenters. The fraction of sp³-hybridized carbons (Fsp3) is 0.600. The SMILES string of the molecule is [N-]=[N+]=NCCO[C@H]1OC2COC(c3ccccc3)O[C@H]2C(O)C1N. The van der Waals surface area contributed by atoms with E-state index in [0.717, 1.165) is 5.56 Å². The highest BCUT2D eigenvalue weighted by atomic mass is 16.7. The lowest BCUT2D eigenvalue weighted by molar-refractivity contribution is -0.341. The number of hydrogen-bond donors (Lipinski definition) is 2. The van der Waals surface area contributed by atoms with Crippen molar-refractivity contribution in [2.45, 2.75) is 36.9 Å².